The van der Waals surface area contributed by atoms with Gasteiger partial charge >= 0.3 is 0 Å². The van der Waals surface area contributed by atoms with E-state index in [-0.39, 0.29) is 0 Å². The van der Waals surface area contributed by atoms with Gasteiger partial charge in [-0.15, -0.1) is 6.58 Å². The molecule has 0 bridgehead atoms. The predicted molar refractivity (Wildman–Crippen MR) is 87.9 cm³/mol. The molecule has 19 heavy (non-hydrogen) atoms. The number of hydrogen-bond acceptors (Lipinski definition) is 2. The van der Waals surface area contributed by atoms with Crippen molar-refractivity contribution in [2.75, 3.05) is 17.3 Å². The van der Waals surface area contributed by atoms with Crippen molar-refractivity contribution < 1.29 is 0 Å². The van der Waals surface area contributed by atoms with Crippen molar-refractivity contribution in [3.63, 3.8) is 0 Å². The highest BCUT2D eigenvalue weighted by molar-refractivity contribution is 7.79. The van der Waals surface area contributed by atoms with Crippen LogP contribution >= 0.6 is 12.2 Å². The Morgan fingerprint density at radius 1 is 1.32 bits per heavy atom. The summed E-state index contributed by atoms with van der Waals surface area (Å²) in [5.74, 6) is 0.331. The Morgan fingerprint density at radius 2 is 2.11 bits per heavy atom. The average molecular weight is 270 g/mol. The maximum Gasteiger partial charge on any atom is 0.0658 e. The molecule has 0 amide bonds. The molecule has 0 saturated carbocycles. The Hall–Kier alpha value is -1.87. The summed E-state index contributed by atoms with van der Waals surface area (Å²) in [6.07, 6.45) is 10.5. The molecule has 1 aliphatic rings. The molecule has 1 aromatic carbocycles. The van der Waals surface area contributed by atoms with Crippen LogP contribution in [0.4, 0.5) is 11.4 Å². The number of nitrogens with one attached hydrogen (secondary N) is 1. The molecule has 1 N–H and O–H groups in total. The molecule has 0 saturated heterocycles. The van der Waals surface area contributed by atoms with Crippen LogP contribution in [0.25, 0.3) is 0 Å². The van der Waals surface area contributed by atoms with Crippen LogP contribution in [0, 0.1) is 5.92 Å². The van der Waals surface area contributed by atoms with Crippen molar-refractivity contribution in [1.29, 1.82) is 0 Å². The second-order valence-corrected chi connectivity index (χ2v) is 4.73. The van der Waals surface area contributed by atoms with Crippen molar-refractivity contribution in [2.24, 2.45) is 5.92 Å². The fraction of sp³-hybridized carbons (Fsp3) is 0.188. The van der Waals surface area contributed by atoms with Crippen molar-refractivity contribution in [2.45, 2.75) is 6.04 Å². The van der Waals surface area contributed by atoms with Gasteiger partial charge in [0.25, 0.3) is 0 Å². The summed E-state index contributed by atoms with van der Waals surface area (Å²) >= 11 is 4.82. The Labute approximate surface area is 120 Å². The number of anilines is 2. The van der Waals surface area contributed by atoms with Gasteiger partial charge in [-0.25, -0.2) is 0 Å². The van der Waals surface area contributed by atoms with Gasteiger partial charge in [-0.3, -0.25) is 0 Å². The first-order chi connectivity index (χ1) is 9.26. The molecule has 98 valence electrons. The van der Waals surface area contributed by atoms with E-state index in [0.29, 0.717) is 12.0 Å². The average Bonchev–Trinajstić information content (AvgIpc) is 2.47. The molecule has 0 aliphatic heterocycles. The quantitative estimate of drug-likeness (QED) is 0.647. The van der Waals surface area contributed by atoms with Crippen molar-refractivity contribution >= 4 is 29.1 Å². The Kier molecular flexibility index (Phi) is 4.53. The normalized spacial score (nSPS) is 20.9. The summed E-state index contributed by atoms with van der Waals surface area (Å²) in [6.45, 7) is 3.91. The molecule has 0 heterocycles. The highest BCUT2D eigenvalue weighted by atomic mass is 32.1. The minimum absolute atomic E-state index is 0.297. The van der Waals surface area contributed by atoms with E-state index in [2.05, 4.69) is 60.3 Å². The molecular weight excluding hydrogens is 252 g/mol. The lowest BCUT2D eigenvalue weighted by Gasteiger charge is -2.33. The summed E-state index contributed by atoms with van der Waals surface area (Å²) in [6, 6.07) is 8.51. The maximum absolute atomic E-state index is 4.82. The Bertz CT molecular complexity index is 519. The van der Waals surface area contributed by atoms with Crippen LogP contribution in [0.5, 0.6) is 0 Å². The van der Waals surface area contributed by atoms with Gasteiger partial charge in [-0.05, 0) is 18.2 Å². The standard InChI is InChI=1S/C16H18N2S/c1-3-13-7-4-5-10-16(13)18(2)15-9-6-8-14(11-15)17-12-19/h3-13,16H,1H2,2H3,(H,17,19). The Morgan fingerprint density at radius 3 is 2.84 bits per heavy atom. The summed E-state index contributed by atoms with van der Waals surface area (Å²) in [4.78, 5) is 2.25. The number of allylic oxidation sites excluding steroid dienone is 2. The van der Waals surface area contributed by atoms with Crippen LogP contribution in [0.3, 0.4) is 0 Å². The first-order valence-corrected chi connectivity index (χ1v) is 6.74. The zero-order valence-corrected chi connectivity index (χ0v) is 11.8. The van der Waals surface area contributed by atoms with E-state index in [9.17, 15) is 0 Å². The van der Waals surface area contributed by atoms with E-state index in [1.165, 1.54) is 5.49 Å². The van der Waals surface area contributed by atoms with Crippen LogP contribution in [0.1, 0.15) is 0 Å². The van der Waals surface area contributed by atoms with Crippen LogP contribution in [-0.4, -0.2) is 18.6 Å². The van der Waals surface area contributed by atoms with Gasteiger partial charge < -0.3 is 10.2 Å². The third kappa shape index (κ3) is 3.12. The third-order valence-electron chi connectivity index (χ3n) is 3.35. The van der Waals surface area contributed by atoms with Gasteiger partial charge in [0.05, 0.1) is 11.5 Å². The molecule has 2 unspecified atom stereocenters. The largest absolute Gasteiger partial charge is 0.367 e. The lowest BCUT2D eigenvalue weighted by atomic mass is 9.94. The van der Waals surface area contributed by atoms with E-state index in [4.69, 9.17) is 12.2 Å². The van der Waals surface area contributed by atoms with E-state index in [0.717, 1.165) is 11.4 Å². The zero-order chi connectivity index (χ0) is 13.7. The number of hydrogen-bond donors (Lipinski definition) is 1. The molecule has 2 nitrogen and oxygen atoms in total. The van der Waals surface area contributed by atoms with Crippen LogP contribution < -0.4 is 10.2 Å². The van der Waals surface area contributed by atoms with E-state index < -0.39 is 0 Å². The molecule has 1 aromatic rings. The summed E-state index contributed by atoms with van der Waals surface area (Å²) in [5, 5.41) is 3.04. The topological polar surface area (TPSA) is 15.3 Å². The van der Waals surface area contributed by atoms with E-state index >= 15 is 0 Å². The zero-order valence-electron chi connectivity index (χ0n) is 11.0. The SMILES string of the molecule is C=CC1C=CC=CC1N(C)c1cccc(NC=S)c1. The first-order valence-electron chi connectivity index (χ1n) is 6.27. The summed E-state index contributed by atoms with van der Waals surface area (Å²) < 4.78 is 0. The third-order valence-corrected chi connectivity index (χ3v) is 3.46. The number of benzene rings is 1. The fourth-order valence-electron chi connectivity index (χ4n) is 2.27. The first kappa shape index (κ1) is 13.6. The molecule has 1 aliphatic carbocycles. The van der Waals surface area contributed by atoms with Crippen molar-refractivity contribution in [3.05, 3.63) is 61.2 Å². The minimum Gasteiger partial charge on any atom is -0.367 e. The van der Waals surface area contributed by atoms with Gasteiger partial charge in [-0.1, -0.05) is 48.7 Å². The van der Waals surface area contributed by atoms with Gasteiger partial charge in [0.1, 0.15) is 0 Å². The molecule has 2 rings (SSSR count). The van der Waals surface area contributed by atoms with Crippen LogP contribution in [-0.2, 0) is 0 Å². The van der Waals surface area contributed by atoms with Gasteiger partial charge in [0.2, 0.25) is 0 Å². The molecule has 0 spiro atoms. The van der Waals surface area contributed by atoms with E-state index in [1.807, 2.05) is 18.2 Å². The monoisotopic (exact) mass is 270 g/mol. The fourth-order valence-corrected chi connectivity index (χ4v) is 2.41. The van der Waals surface area contributed by atoms with Crippen LogP contribution in [0.2, 0.25) is 0 Å². The van der Waals surface area contributed by atoms with Gasteiger partial charge in [-0.2, -0.15) is 0 Å². The maximum atomic E-state index is 4.82. The number of likely N-dealkylation sites (N-methyl/N-ethyl adjacent to an activating group) is 1. The molecule has 0 radical (unpaired) electrons. The lowest BCUT2D eigenvalue weighted by Crippen LogP contribution is -2.35. The van der Waals surface area contributed by atoms with Crippen molar-refractivity contribution in [1.82, 2.24) is 0 Å². The molecular formula is C16H18N2S. The molecule has 0 fully saturated rings. The van der Waals surface area contributed by atoms with E-state index in [1.54, 1.807) is 0 Å². The number of nitrogens with zero attached hydrogens (tertiary/aromatic N) is 1. The molecule has 2 atom stereocenters. The summed E-state index contributed by atoms with van der Waals surface area (Å²) in [7, 11) is 2.10. The molecule has 0 aromatic heterocycles. The number of thiocarbonyl (C=S) groups is 1. The van der Waals surface area contributed by atoms with Crippen molar-refractivity contribution in [3.8, 4) is 0 Å². The van der Waals surface area contributed by atoms with Gasteiger partial charge in [0.15, 0.2) is 0 Å². The smallest absolute Gasteiger partial charge is 0.0658 e. The minimum atomic E-state index is 0.297. The van der Waals surface area contributed by atoms with Crippen LogP contribution in [0.15, 0.2) is 61.2 Å². The lowest BCUT2D eigenvalue weighted by molar-refractivity contribution is 0.644. The highest BCUT2D eigenvalue weighted by Gasteiger charge is 2.20. The Balaban J connectivity index is 2.23. The highest BCUT2D eigenvalue weighted by Crippen LogP contribution is 2.26. The second-order valence-electron chi connectivity index (χ2n) is 4.50. The molecule has 3 heteroatoms. The summed E-state index contributed by atoms with van der Waals surface area (Å²) in [5.41, 5.74) is 3.68. The van der Waals surface area contributed by atoms with Gasteiger partial charge in [0, 0.05) is 24.3 Å². The predicted octanol–water partition coefficient (Wildman–Crippen LogP) is 3.79. The second kappa shape index (κ2) is 6.34. The number of rotatable bonds is 5.